The van der Waals surface area contributed by atoms with Crippen molar-refractivity contribution in [3.8, 4) is 5.75 Å². The molecule has 0 fully saturated rings. The number of halogens is 5. The summed E-state index contributed by atoms with van der Waals surface area (Å²) in [6, 6.07) is 0.553. The number of nitrogens with zero attached hydrogens (tertiary/aromatic N) is 1. The van der Waals surface area contributed by atoms with E-state index in [0.717, 1.165) is 0 Å². The van der Waals surface area contributed by atoms with E-state index in [-0.39, 0.29) is 5.56 Å². The molecule has 1 rings (SSSR count). The molecule has 90 valence electrons. The van der Waals surface area contributed by atoms with E-state index in [0.29, 0.717) is 6.07 Å². The van der Waals surface area contributed by atoms with Crippen LogP contribution in [-0.2, 0) is 12.7 Å². The summed E-state index contributed by atoms with van der Waals surface area (Å²) >= 11 is 0. The normalized spacial score (nSPS) is 12.2. The average molecular weight is 242 g/mol. The second-order valence-corrected chi connectivity index (χ2v) is 2.90. The van der Waals surface area contributed by atoms with Crippen LogP contribution in [0, 0.1) is 0 Å². The maximum absolute atomic E-state index is 12.3. The third-order valence-electron chi connectivity index (χ3n) is 1.81. The Hall–Kier alpha value is -1.44. The fourth-order valence-corrected chi connectivity index (χ4v) is 1.12. The number of aromatic nitrogens is 1. The summed E-state index contributed by atoms with van der Waals surface area (Å²) in [5.74, 6) is -1.21. The third kappa shape index (κ3) is 2.38. The maximum atomic E-state index is 12.3. The van der Waals surface area contributed by atoms with Crippen molar-refractivity contribution in [1.29, 1.82) is 0 Å². The summed E-state index contributed by atoms with van der Waals surface area (Å²) in [4.78, 5) is 2.71. The Balaban J connectivity index is 3.39. The first kappa shape index (κ1) is 12.6. The first-order valence-corrected chi connectivity index (χ1v) is 4.05. The Kier molecular flexibility index (Phi) is 3.32. The van der Waals surface area contributed by atoms with Crippen molar-refractivity contribution in [3.05, 3.63) is 23.0 Å². The molecule has 3 N–H and O–H groups in total. The molecule has 0 bridgehead atoms. The van der Waals surface area contributed by atoms with E-state index in [1.54, 1.807) is 0 Å². The van der Waals surface area contributed by atoms with Gasteiger partial charge in [-0.05, 0) is 11.6 Å². The Morgan fingerprint density at radius 3 is 2.31 bits per heavy atom. The number of hydrogen-bond donors (Lipinski definition) is 2. The zero-order valence-corrected chi connectivity index (χ0v) is 7.72. The minimum atomic E-state index is -4.99. The quantitative estimate of drug-likeness (QED) is 0.781. The lowest BCUT2D eigenvalue weighted by molar-refractivity contribution is -0.142. The van der Waals surface area contributed by atoms with E-state index in [4.69, 9.17) is 10.8 Å². The molecule has 16 heavy (non-hydrogen) atoms. The van der Waals surface area contributed by atoms with Gasteiger partial charge in [-0.25, -0.2) is 13.8 Å². The number of alkyl halides is 5. The topological polar surface area (TPSA) is 59.1 Å². The van der Waals surface area contributed by atoms with Gasteiger partial charge in [0.25, 0.3) is 6.43 Å². The molecule has 0 spiro atoms. The zero-order valence-electron chi connectivity index (χ0n) is 7.72. The van der Waals surface area contributed by atoms with Crippen LogP contribution in [0.15, 0.2) is 6.07 Å². The fourth-order valence-electron chi connectivity index (χ4n) is 1.12. The van der Waals surface area contributed by atoms with E-state index in [1.807, 2.05) is 0 Å². The smallest absolute Gasteiger partial charge is 0.437 e. The summed E-state index contributed by atoms with van der Waals surface area (Å²) in [6.07, 6.45) is -8.17. The van der Waals surface area contributed by atoms with Crippen molar-refractivity contribution >= 4 is 0 Å². The van der Waals surface area contributed by atoms with Crippen LogP contribution in [-0.4, -0.2) is 10.1 Å². The van der Waals surface area contributed by atoms with Crippen LogP contribution in [0.5, 0.6) is 5.75 Å². The van der Waals surface area contributed by atoms with Gasteiger partial charge in [-0.3, -0.25) is 0 Å². The zero-order chi connectivity index (χ0) is 12.5. The standard InChI is InChI=1S/C8H7F5N2O/c9-7(10)5-3(2-14)1-4(16)6(15-5)8(11,12)13/h1,7,16H,2,14H2. The van der Waals surface area contributed by atoms with Gasteiger partial charge in [0.15, 0.2) is 5.69 Å². The first-order valence-electron chi connectivity index (χ1n) is 4.05. The minimum absolute atomic E-state index is 0.319. The van der Waals surface area contributed by atoms with Gasteiger partial charge >= 0.3 is 6.18 Å². The lowest BCUT2D eigenvalue weighted by Crippen LogP contribution is -2.13. The van der Waals surface area contributed by atoms with Gasteiger partial charge in [-0.1, -0.05) is 0 Å². The van der Waals surface area contributed by atoms with Crippen LogP contribution in [0.25, 0.3) is 0 Å². The second-order valence-electron chi connectivity index (χ2n) is 2.90. The van der Waals surface area contributed by atoms with Gasteiger partial charge in [0, 0.05) is 6.54 Å². The number of rotatable bonds is 2. The van der Waals surface area contributed by atoms with Gasteiger partial charge in [-0.2, -0.15) is 13.2 Å². The highest BCUT2D eigenvalue weighted by Crippen LogP contribution is 2.36. The predicted octanol–water partition coefficient (Wildman–Crippen LogP) is 2.20. The van der Waals surface area contributed by atoms with Crippen molar-refractivity contribution in [3.63, 3.8) is 0 Å². The highest BCUT2D eigenvalue weighted by molar-refractivity contribution is 5.36. The van der Waals surface area contributed by atoms with Gasteiger partial charge in [0.1, 0.15) is 11.4 Å². The monoisotopic (exact) mass is 242 g/mol. The summed E-state index contributed by atoms with van der Waals surface area (Å²) in [6.45, 7) is -0.432. The molecule has 1 aromatic rings. The Labute approximate surface area is 86.7 Å². The lowest BCUT2D eigenvalue weighted by atomic mass is 10.1. The van der Waals surface area contributed by atoms with Crippen LogP contribution in [0.4, 0.5) is 22.0 Å². The van der Waals surface area contributed by atoms with Gasteiger partial charge < -0.3 is 10.8 Å². The van der Waals surface area contributed by atoms with Gasteiger partial charge in [0.2, 0.25) is 0 Å². The van der Waals surface area contributed by atoms with E-state index < -0.39 is 36.3 Å². The molecular formula is C8H7F5N2O. The molecule has 1 heterocycles. The molecule has 1 aromatic heterocycles. The summed E-state index contributed by atoms with van der Waals surface area (Å²) in [5, 5.41) is 8.98. The molecule has 0 atom stereocenters. The molecular weight excluding hydrogens is 235 g/mol. The molecule has 0 aliphatic heterocycles. The summed E-state index contributed by atoms with van der Waals surface area (Å²) < 4.78 is 61.4. The minimum Gasteiger partial charge on any atom is -0.506 e. The molecule has 0 aliphatic carbocycles. The molecule has 0 aliphatic rings. The molecule has 0 saturated carbocycles. The highest BCUT2D eigenvalue weighted by atomic mass is 19.4. The van der Waals surface area contributed by atoms with Crippen molar-refractivity contribution in [2.75, 3.05) is 0 Å². The number of nitrogens with two attached hydrogens (primary N) is 1. The number of hydrogen-bond acceptors (Lipinski definition) is 3. The van der Waals surface area contributed by atoms with Crippen LogP contribution in [0.2, 0.25) is 0 Å². The van der Waals surface area contributed by atoms with Gasteiger partial charge in [-0.15, -0.1) is 0 Å². The molecule has 0 radical (unpaired) electrons. The van der Waals surface area contributed by atoms with E-state index >= 15 is 0 Å². The number of aromatic hydroxyl groups is 1. The van der Waals surface area contributed by atoms with Crippen LogP contribution in [0.1, 0.15) is 23.4 Å². The van der Waals surface area contributed by atoms with Crippen molar-refractivity contribution in [2.45, 2.75) is 19.1 Å². The molecule has 0 aromatic carbocycles. The van der Waals surface area contributed by atoms with E-state index in [9.17, 15) is 22.0 Å². The summed E-state index contributed by atoms with van der Waals surface area (Å²) in [5.41, 5.74) is 1.93. The van der Waals surface area contributed by atoms with Crippen LogP contribution in [0.3, 0.4) is 0 Å². The fraction of sp³-hybridized carbons (Fsp3) is 0.375. The van der Waals surface area contributed by atoms with Gasteiger partial charge in [0.05, 0.1) is 0 Å². The molecule has 0 amide bonds. The maximum Gasteiger partial charge on any atom is 0.437 e. The SMILES string of the molecule is NCc1cc(O)c(C(F)(F)F)nc1C(F)F. The van der Waals surface area contributed by atoms with Crippen LogP contribution < -0.4 is 5.73 Å². The van der Waals surface area contributed by atoms with Crippen LogP contribution >= 0.6 is 0 Å². The third-order valence-corrected chi connectivity index (χ3v) is 1.81. The average Bonchev–Trinajstić information content (AvgIpc) is 2.14. The highest BCUT2D eigenvalue weighted by Gasteiger charge is 2.37. The first-order chi connectivity index (χ1) is 7.27. The van der Waals surface area contributed by atoms with Crippen molar-refractivity contribution in [2.24, 2.45) is 5.73 Å². The predicted molar refractivity (Wildman–Crippen MR) is 43.8 cm³/mol. The van der Waals surface area contributed by atoms with Crippen molar-refractivity contribution in [1.82, 2.24) is 4.98 Å². The van der Waals surface area contributed by atoms with Crippen molar-refractivity contribution < 1.29 is 27.1 Å². The Bertz CT molecular complexity index is 391. The summed E-state index contributed by atoms with van der Waals surface area (Å²) in [7, 11) is 0. The molecule has 0 saturated heterocycles. The molecule has 8 heteroatoms. The number of pyridine rings is 1. The Morgan fingerprint density at radius 2 is 1.94 bits per heavy atom. The molecule has 0 unspecified atom stereocenters. The Morgan fingerprint density at radius 1 is 1.38 bits per heavy atom. The second kappa shape index (κ2) is 4.20. The molecule has 3 nitrogen and oxygen atoms in total. The lowest BCUT2D eigenvalue weighted by Gasteiger charge is -2.12. The van der Waals surface area contributed by atoms with E-state index in [2.05, 4.69) is 4.98 Å². The largest absolute Gasteiger partial charge is 0.506 e. The van der Waals surface area contributed by atoms with E-state index in [1.165, 1.54) is 0 Å².